The molecule has 1 saturated heterocycles. The first-order valence-electron chi connectivity index (χ1n) is 12.1. The van der Waals surface area contributed by atoms with E-state index in [0.29, 0.717) is 18.3 Å². The van der Waals surface area contributed by atoms with E-state index >= 15 is 0 Å². The van der Waals surface area contributed by atoms with Gasteiger partial charge in [-0.1, -0.05) is 25.0 Å². The van der Waals surface area contributed by atoms with Crippen molar-refractivity contribution < 1.29 is 9.84 Å². The van der Waals surface area contributed by atoms with Crippen LogP contribution in [-0.2, 0) is 0 Å². The van der Waals surface area contributed by atoms with Gasteiger partial charge in [0, 0.05) is 36.8 Å². The second-order valence-electron chi connectivity index (χ2n) is 9.07. The van der Waals surface area contributed by atoms with E-state index < -0.39 is 6.10 Å². The minimum atomic E-state index is -0.549. The summed E-state index contributed by atoms with van der Waals surface area (Å²) in [5.41, 5.74) is 2.07. The molecule has 4 rings (SSSR count). The molecule has 1 atom stereocenters. The molecular weight excluding hydrogens is 402 g/mol. The number of aromatic nitrogens is 2. The van der Waals surface area contributed by atoms with Crippen LogP contribution in [0.3, 0.4) is 0 Å². The molecule has 0 bridgehead atoms. The Morgan fingerprint density at radius 2 is 1.91 bits per heavy atom. The van der Waals surface area contributed by atoms with E-state index in [2.05, 4.69) is 22.5 Å². The molecule has 0 amide bonds. The molecule has 3 N–H and O–H groups in total. The van der Waals surface area contributed by atoms with Crippen molar-refractivity contribution in [3.63, 3.8) is 0 Å². The van der Waals surface area contributed by atoms with Crippen molar-refractivity contribution >= 4 is 11.6 Å². The van der Waals surface area contributed by atoms with E-state index in [-0.39, 0.29) is 6.61 Å². The fourth-order valence-corrected chi connectivity index (χ4v) is 4.66. The van der Waals surface area contributed by atoms with Crippen LogP contribution < -0.4 is 20.3 Å². The Morgan fingerprint density at radius 3 is 2.66 bits per heavy atom. The molecular formula is C25H37N5O2. The first-order valence-corrected chi connectivity index (χ1v) is 12.1. The van der Waals surface area contributed by atoms with Gasteiger partial charge in [0.15, 0.2) is 5.82 Å². The Kier molecular flexibility index (Phi) is 7.81. The van der Waals surface area contributed by atoms with Crippen LogP contribution in [0.4, 0.5) is 11.6 Å². The third-order valence-electron chi connectivity index (χ3n) is 6.45. The van der Waals surface area contributed by atoms with Crippen LogP contribution >= 0.6 is 0 Å². The lowest BCUT2D eigenvalue weighted by atomic mass is 10.1. The van der Waals surface area contributed by atoms with E-state index in [1.807, 2.05) is 31.3 Å². The van der Waals surface area contributed by atoms with Crippen molar-refractivity contribution in [2.24, 2.45) is 0 Å². The van der Waals surface area contributed by atoms with Gasteiger partial charge in [0.25, 0.3) is 0 Å². The lowest BCUT2D eigenvalue weighted by Crippen LogP contribution is -2.31. The van der Waals surface area contributed by atoms with Crippen molar-refractivity contribution in [3.8, 4) is 17.1 Å². The quantitative estimate of drug-likeness (QED) is 0.549. The predicted molar refractivity (Wildman–Crippen MR) is 130 cm³/mol. The van der Waals surface area contributed by atoms with Crippen LogP contribution in [0.5, 0.6) is 5.75 Å². The fourth-order valence-electron chi connectivity index (χ4n) is 4.66. The molecule has 1 aliphatic carbocycles. The number of likely N-dealkylation sites (N-methyl/N-ethyl adjacent to an activating group) is 1. The number of aliphatic hydroxyl groups is 1. The summed E-state index contributed by atoms with van der Waals surface area (Å²) in [5, 5.41) is 16.6. The molecule has 1 saturated carbocycles. The molecule has 2 heterocycles. The molecule has 1 aromatic carbocycles. The maximum Gasteiger partial charge on any atom is 0.164 e. The van der Waals surface area contributed by atoms with Crippen molar-refractivity contribution in [2.45, 2.75) is 64.0 Å². The Morgan fingerprint density at radius 1 is 1.12 bits per heavy atom. The van der Waals surface area contributed by atoms with Gasteiger partial charge in [-0.3, -0.25) is 0 Å². The number of aliphatic hydroxyl groups excluding tert-OH is 1. The number of rotatable bonds is 9. The molecule has 1 unspecified atom stereocenters. The number of nitrogens with zero attached hydrogens (tertiary/aromatic N) is 3. The van der Waals surface area contributed by atoms with Crippen molar-refractivity contribution in [3.05, 3.63) is 29.8 Å². The first-order chi connectivity index (χ1) is 15.6. The van der Waals surface area contributed by atoms with Gasteiger partial charge < -0.3 is 25.4 Å². The van der Waals surface area contributed by atoms with Crippen LogP contribution in [-0.4, -0.2) is 60.5 Å². The molecule has 2 fully saturated rings. The largest absolute Gasteiger partial charge is 0.491 e. The molecule has 2 aliphatic rings. The molecule has 2 aromatic rings. The van der Waals surface area contributed by atoms with E-state index in [9.17, 15) is 5.11 Å². The molecule has 0 radical (unpaired) electrons. The van der Waals surface area contributed by atoms with Crippen LogP contribution in [0.15, 0.2) is 24.3 Å². The topological polar surface area (TPSA) is 82.5 Å². The monoisotopic (exact) mass is 439 g/mol. The summed E-state index contributed by atoms with van der Waals surface area (Å²) in [6.07, 6.45) is 8.14. The van der Waals surface area contributed by atoms with E-state index in [4.69, 9.17) is 14.7 Å². The second-order valence-corrected chi connectivity index (χ2v) is 9.07. The van der Waals surface area contributed by atoms with E-state index in [1.54, 1.807) is 0 Å². The Bertz CT molecular complexity index is 879. The normalized spacial score (nSPS) is 18.0. The van der Waals surface area contributed by atoms with Crippen LogP contribution in [0, 0.1) is 6.92 Å². The molecule has 32 heavy (non-hydrogen) atoms. The van der Waals surface area contributed by atoms with Crippen molar-refractivity contribution in [1.82, 2.24) is 15.3 Å². The third-order valence-corrected chi connectivity index (χ3v) is 6.45. The lowest BCUT2D eigenvalue weighted by molar-refractivity contribution is 0.108. The molecule has 7 heteroatoms. The van der Waals surface area contributed by atoms with Gasteiger partial charge in [-0.2, -0.15) is 0 Å². The Hall–Kier alpha value is -2.38. The number of nitrogens with one attached hydrogen (secondary N) is 2. The first kappa shape index (κ1) is 22.8. The summed E-state index contributed by atoms with van der Waals surface area (Å²) >= 11 is 0. The second kappa shape index (κ2) is 11.0. The van der Waals surface area contributed by atoms with Gasteiger partial charge in [0.1, 0.15) is 30.1 Å². The number of anilines is 2. The summed E-state index contributed by atoms with van der Waals surface area (Å²) in [6, 6.07) is 8.36. The van der Waals surface area contributed by atoms with Gasteiger partial charge in [-0.15, -0.1) is 0 Å². The predicted octanol–water partition coefficient (Wildman–Crippen LogP) is 3.76. The van der Waals surface area contributed by atoms with Gasteiger partial charge >= 0.3 is 0 Å². The number of piperidine rings is 1. The zero-order chi connectivity index (χ0) is 22.3. The van der Waals surface area contributed by atoms with Gasteiger partial charge in [0.2, 0.25) is 0 Å². The third kappa shape index (κ3) is 5.70. The van der Waals surface area contributed by atoms with E-state index in [1.165, 1.54) is 44.9 Å². The maximum absolute atomic E-state index is 9.95. The smallest absolute Gasteiger partial charge is 0.164 e. The summed E-state index contributed by atoms with van der Waals surface area (Å²) in [7, 11) is 1.82. The van der Waals surface area contributed by atoms with Crippen LogP contribution in [0.2, 0.25) is 0 Å². The highest BCUT2D eigenvalue weighted by Gasteiger charge is 2.22. The highest BCUT2D eigenvalue weighted by molar-refractivity contribution is 5.67. The maximum atomic E-state index is 9.95. The molecule has 1 aliphatic heterocycles. The summed E-state index contributed by atoms with van der Waals surface area (Å²) in [5.74, 6) is 3.44. The minimum absolute atomic E-state index is 0.243. The van der Waals surface area contributed by atoms with Crippen molar-refractivity contribution in [2.75, 3.05) is 43.5 Å². The van der Waals surface area contributed by atoms with Crippen LogP contribution in [0.1, 0.15) is 50.5 Å². The highest BCUT2D eigenvalue weighted by atomic mass is 16.5. The molecule has 174 valence electrons. The number of hydrogen-bond acceptors (Lipinski definition) is 7. The van der Waals surface area contributed by atoms with Crippen LogP contribution in [0.25, 0.3) is 11.4 Å². The molecule has 1 aromatic heterocycles. The standard InChI is InChI=1S/C25H37N5O2/c1-18-23(27-20-10-4-5-11-20)28-24(29-25(18)30-13-6-3-7-14-30)19-9-8-12-22(15-19)32-17-21(31)16-26-2/h8-9,12,15,20-21,26,31H,3-7,10-11,13-14,16-17H2,1-2H3,(H,27,28,29). The average Bonchev–Trinajstić information content (AvgIpc) is 3.33. The summed E-state index contributed by atoms with van der Waals surface area (Å²) < 4.78 is 5.82. The zero-order valence-corrected chi connectivity index (χ0v) is 19.4. The Labute approximate surface area is 191 Å². The fraction of sp³-hybridized carbons (Fsp3) is 0.600. The number of hydrogen-bond donors (Lipinski definition) is 3. The molecule has 7 nitrogen and oxygen atoms in total. The highest BCUT2D eigenvalue weighted by Crippen LogP contribution is 2.32. The van der Waals surface area contributed by atoms with Crippen molar-refractivity contribution in [1.29, 1.82) is 0 Å². The van der Waals surface area contributed by atoms with Gasteiger partial charge in [0.05, 0.1) is 0 Å². The zero-order valence-electron chi connectivity index (χ0n) is 19.4. The SMILES string of the molecule is CNCC(O)COc1cccc(-c2nc(NC3CCCC3)c(C)c(N3CCCCC3)n2)c1. The average molecular weight is 440 g/mol. The molecule has 0 spiro atoms. The lowest BCUT2D eigenvalue weighted by Gasteiger charge is -2.30. The van der Waals surface area contributed by atoms with E-state index in [0.717, 1.165) is 41.7 Å². The number of benzene rings is 1. The summed E-state index contributed by atoms with van der Waals surface area (Å²) in [6.45, 7) is 4.98. The Balaban J connectivity index is 1.62. The van der Waals surface area contributed by atoms with Gasteiger partial charge in [-0.25, -0.2) is 9.97 Å². The van der Waals surface area contributed by atoms with Gasteiger partial charge in [-0.05, 0) is 58.2 Å². The summed E-state index contributed by atoms with van der Waals surface area (Å²) in [4.78, 5) is 12.4. The minimum Gasteiger partial charge on any atom is -0.491 e. The number of ether oxygens (including phenoxy) is 1.